The van der Waals surface area contributed by atoms with Crippen molar-refractivity contribution in [3.05, 3.63) is 48.6 Å². The molecule has 0 bridgehead atoms. The van der Waals surface area contributed by atoms with Crippen molar-refractivity contribution in [2.45, 2.75) is 18.2 Å². The van der Waals surface area contributed by atoms with Crippen molar-refractivity contribution in [1.82, 2.24) is 0 Å². The quantitative estimate of drug-likeness (QED) is 0.442. The summed E-state index contributed by atoms with van der Waals surface area (Å²) in [5, 5.41) is 0. The molecule has 1 aliphatic carbocycles. The number of hydrogen-bond donors (Lipinski definition) is 0. The molecule has 0 aromatic heterocycles. The molecular formula is C14H15FO3. The van der Waals surface area contributed by atoms with E-state index in [9.17, 15) is 9.18 Å². The summed E-state index contributed by atoms with van der Waals surface area (Å²) in [6.45, 7) is 3.72. The highest BCUT2D eigenvalue weighted by Crippen LogP contribution is 2.43. The van der Waals surface area contributed by atoms with E-state index in [1.807, 2.05) is 6.07 Å². The van der Waals surface area contributed by atoms with Gasteiger partial charge < -0.3 is 9.47 Å². The van der Waals surface area contributed by atoms with Gasteiger partial charge in [-0.1, -0.05) is 30.9 Å². The minimum absolute atomic E-state index is 0.122. The Balaban J connectivity index is 1.65. The van der Waals surface area contributed by atoms with Crippen LogP contribution in [0.15, 0.2) is 43.0 Å². The minimum atomic E-state index is -1.39. The maximum atomic E-state index is 13.4. The fourth-order valence-corrected chi connectivity index (χ4v) is 1.62. The van der Waals surface area contributed by atoms with Crippen molar-refractivity contribution in [3.8, 4) is 0 Å². The van der Waals surface area contributed by atoms with Gasteiger partial charge in [0.15, 0.2) is 5.67 Å². The SMILES string of the molecule is C=CC1(F)CC1OCCOC(=O)c1ccccc1. The highest BCUT2D eigenvalue weighted by molar-refractivity contribution is 5.89. The first kappa shape index (κ1) is 12.8. The molecule has 1 fully saturated rings. The number of esters is 1. The van der Waals surface area contributed by atoms with Crippen LogP contribution in [0.2, 0.25) is 0 Å². The predicted octanol–water partition coefficient (Wildman–Crippen LogP) is 2.53. The average Bonchev–Trinajstić information content (AvgIpc) is 3.07. The summed E-state index contributed by atoms with van der Waals surface area (Å²) < 4.78 is 23.6. The van der Waals surface area contributed by atoms with Crippen LogP contribution < -0.4 is 0 Å². The lowest BCUT2D eigenvalue weighted by atomic mass is 10.2. The van der Waals surface area contributed by atoms with Crippen LogP contribution >= 0.6 is 0 Å². The smallest absolute Gasteiger partial charge is 0.338 e. The number of alkyl halides is 1. The Labute approximate surface area is 105 Å². The summed E-state index contributed by atoms with van der Waals surface area (Å²) in [6.07, 6.45) is 1.15. The van der Waals surface area contributed by atoms with Crippen LogP contribution in [0.3, 0.4) is 0 Å². The van der Waals surface area contributed by atoms with E-state index in [1.54, 1.807) is 24.3 Å². The Morgan fingerprint density at radius 1 is 1.44 bits per heavy atom. The molecule has 96 valence electrons. The molecule has 0 aliphatic heterocycles. The Hall–Kier alpha value is -1.68. The number of hydrogen-bond acceptors (Lipinski definition) is 3. The molecule has 0 radical (unpaired) electrons. The third-order valence-corrected chi connectivity index (χ3v) is 2.86. The van der Waals surface area contributed by atoms with Gasteiger partial charge in [-0.15, -0.1) is 0 Å². The zero-order chi connectivity index (χ0) is 13.0. The summed E-state index contributed by atoms with van der Waals surface area (Å²) in [6, 6.07) is 8.70. The first-order valence-electron chi connectivity index (χ1n) is 5.82. The van der Waals surface area contributed by atoms with Gasteiger partial charge in [-0.2, -0.15) is 0 Å². The Morgan fingerprint density at radius 3 is 2.78 bits per heavy atom. The van der Waals surface area contributed by atoms with E-state index >= 15 is 0 Å². The molecule has 1 saturated carbocycles. The van der Waals surface area contributed by atoms with Crippen molar-refractivity contribution in [1.29, 1.82) is 0 Å². The highest BCUT2D eigenvalue weighted by Gasteiger charge is 2.54. The third-order valence-electron chi connectivity index (χ3n) is 2.86. The van der Waals surface area contributed by atoms with Gasteiger partial charge in [0.05, 0.1) is 18.3 Å². The van der Waals surface area contributed by atoms with Gasteiger partial charge in [-0.25, -0.2) is 9.18 Å². The van der Waals surface area contributed by atoms with E-state index in [2.05, 4.69) is 6.58 Å². The van der Waals surface area contributed by atoms with Crippen LogP contribution in [0, 0.1) is 0 Å². The maximum Gasteiger partial charge on any atom is 0.338 e. The van der Waals surface area contributed by atoms with E-state index in [0.717, 1.165) is 0 Å². The monoisotopic (exact) mass is 250 g/mol. The first-order chi connectivity index (χ1) is 8.65. The van der Waals surface area contributed by atoms with E-state index in [-0.39, 0.29) is 13.2 Å². The topological polar surface area (TPSA) is 35.5 Å². The fourth-order valence-electron chi connectivity index (χ4n) is 1.62. The fraction of sp³-hybridized carbons (Fsp3) is 0.357. The standard InChI is InChI=1S/C14H15FO3/c1-2-14(15)10-12(14)17-8-9-18-13(16)11-6-4-3-5-7-11/h2-7,12H,1,8-10H2. The maximum absolute atomic E-state index is 13.4. The molecule has 0 N–H and O–H groups in total. The molecule has 2 unspecified atom stereocenters. The van der Waals surface area contributed by atoms with Crippen LogP contribution in [-0.2, 0) is 9.47 Å². The Morgan fingerprint density at radius 2 is 2.17 bits per heavy atom. The molecule has 2 atom stereocenters. The van der Waals surface area contributed by atoms with Crippen LogP contribution in [0.4, 0.5) is 4.39 Å². The number of ether oxygens (including phenoxy) is 2. The second kappa shape index (κ2) is 5.31. The van der Waals surface area contributed by atoms with Crippen molar-refractivity contribution in [3.63, 3.8) is 0 Å². The number of carbonyl (C=O) groups excluding carboxylic acids is 1. The zero-order valence-corrected chi connectivity index (χ0v) is 9.97. The van der Waals surface area contributed by atoms with Crippen LogP contribution in [0.5, 0.6) is 0 Å². The third kappa shape index (κ3) is 2.96. The molecule has 1 aromatic rings. The van der Waals surface area contributed by atoms with E-state index in [1.165, 1.54) is 6.08 Å². The Kier molecular flexibility index (Phi) is 3.77. The number of carbonyl (C=O) groups is 1. The zero-order valence-electron chi connectivity index (χ0n) is 9.97. The van der Waals surface area contributed by atoms with Crippen LogP contribution in [-0.4, -0.2) is 31.0 Å². The van der Waals surface area contributed by atoms with Crippen molar-refractivity contribution < 1.29 is 18.7 Å². The molecule has 0 saturated heterocycles. The van der Waals surface area contributed by atoms with E-state index in [0.29, 0.717) is 12.0 Å². The average molecular weight is 250 g/mol. The van der Waals surface area contributed by atoms with E-state index < -0.39 is 17.7 Å². The van der Waals surface area contributed by atoms with Gasteiger partial charge in [-0.3, -0.25) is 0 Å². The molecule has 0 heterocycles. The summed E-state index contributed by atoms with van der Waals surface area (Å²) >= 11 is 0. The molecule has 4 heteroatoms. The largest absolute Gasteiger partial charge is 0.460 e. The van der Waals surface area contributed by atoms with Crippen molar-refractivity contribution >= 4 is 5.97 Å². The first-order valence-corrected chi connectivity index (χ1v) is 5.82. The summed E-state index contributed by atoms with van der Waals surface area (Å²) in [4.78, 5) is 11.5. The van der Waals surface area contributed by atoms with Gasteiger partial charge in [0.1, 0.15) is 6.61 Å². The molecule has 2 rings (SSSR count). The van der Waals surface area contributed by atoms with Crippen molar-refractivity contribution in [2.24, 2.45) is 0 Å². The highest BCUT2D eigenvalue weighted by atomic mass is 19.1. The van der Waals surface area contributed by atoms with Gasteiger partial charge in [0.25, 0.3) is 0 Å². The minimum Gasteiger partial charge on any atom is -0.460 e. The molecular weight excluding hydrogens is 235 g/mol. The second-order valence-electron chi connectivity index (χ2n) is 4.20. The normalized spacial score (nSPS) is 25.5. The van der Waals surface area contributed by atoms with Crippen LogP contribution in [0.1, 0.15) is 16.8 Å². The molecule has 1 aromatic carbocycles. The van der Waals surface area contributed by atoms with E-state index in [4.69, 9.17) is 9.47 Å². The summed E-state index contributed by atoms with van der Waals surface area (Å²) in [5.41, 5.74) is -0.890. The molecule has 0 amide bonds. The predicted molar refractivity (Wildman–Crippen MR) is 65.1 cm³/mol. The van der Waals surface area contributed by atoms with Crippen LogP contribution in [0.25, 0.3) is 0 Å². The van der Waals surface area contributed by atoms with Crippen molar-refractivity contribution in [2.75, 3.05) is 13.2 Å². The van der Waals surface area contributed by atoms with Gasteiger partial charge >= 0.3 is 5.97 Å². The molecule has 1 aliphatic rings. The summed E-state index contributed by atoms with van der Waals surface area (Å²) in [5.74, 6) is -0.398. The summed E-state index contributed by atoms with van der Waals surface area (Å²) in [7, 11) is 0. The number of rotatable bonds is 6. The van der Waals surface area contributed by atoms with Gasteiger partial charge in [-0.05, 0) is 12.1 Å². The number of halogens is 1. The molecule has 18 heavy (non-hydrogen) atoms. The van der Waals surface area contributed by atoms with Gasteiger partial charge in [0.2, 0.25) is 0 Å². The number of benzene rings is 1. The lowest BCUT2D eigenvalue weighted by Gasteiger charge is -2.06. The van der Waals surface area contributed by atoms with Gasteiger partial charge in [0, 0.05) is 6.42 Å². The lowest BCUT2D eigenvalue weighted by Crippen LogP contribution is -2.14. The second-order valence-corrected chi connectivity index (χ2v) is 4.20. The lowest BCUT2D eigenvalue weighted by molar-refractivity contribution is 0.0222. The Bertz CT molecular complexity index is 432. The molecule has 3 nitrogen and oxygen atoms in total. The molecule has 0 spiro atoms.